The summed E-state index contributed by atoms with van der Waals surface area (Å²) in [5, 5.41) is 9.22. The molecule has 0 atom stereocenters. The Balaban J connectivity index is 1.97. The first-order valence-electron chi connectivity index (χ1n) is 8.21. The van der Waals surface area contributed by atoms with Gasteiger partial charge in [-0.2, -0.15) is 0 Å². The summed E-state index contributed by atoms with van der Waals surface area (Å²) in [6.07, 6.45) is 6.98. The van der Waals surface area contributed by atoms with E-state index < -0.39 is 0 Å². The number of ketones is 1. The Morgan fingerprint density at radius 1 is 1.24 bits per heavy atom. The van der Waals surface area contributed by atoms with Crippen molar-refractivity contribution >= 4 is 5.78 Å². The number of carbonyl (C=O) groups is 1. The van der Waals surface area contributed by atoms with E-state index in [1.807, 2.05) is 12.1 Å². The second-order valence-electron chi connectivity index (χ2n) is 6.00. The normalized spacial score (nSPS) is 15.8. The summed E-state index contributed by atoms with van der Waals surface area (Å²) in [6.45, 7) is 3.31. The predicted molar refractivity (Wildman–Crippen MR) is 85.7 cm³/mol. The van der Waals surface area contributed by atoms with E-state index in [4.69, 9.17) is 0 Å². The molecule has 1 N–H and O–H groups in total. The van der Waals surface area contributed by atoms with Gasteiger partial charge in [0.2, 0.25) is 0 Å². The molecule has 0 spiro atoms. The first-order valence-corrected chi connectivity index (χ1v) is 8.21. The van der Waals surface area contributed by atoms with Crippen molar-refractivity contribution in [3.63, 3.8) is 0 Å². The minimum atomic E-state index is 0.124. The van der Waals surface area contributed by atoms with Gasteiger partial charge in [0, 0.05) is 18.2 Å². The van der Waals surface area contributed by atoms with Crippen LogP contribution in [0.25, 0.3) is 0 Å². The van der Waals surface area contributed by atoms with Crippen molar-refractivity contribution < 1.29 is 9.90 Å². The van der Waals surface area contributed by atoms with E-state index in [-0.39, 0.29) is 12.4 Å². The summed E-state index contributed by atoms with van der Waals surface area (Å²) in [6, 6.07) is 8.48. The van der Waals surface area contributed by atoms with Crippen LogP contribution in [0.2, 0.25) is 0 Å². The predicted octanol–water partition coefficient (Wildman–Crippen LogP) is 3.06. The number of carbonyl (C=O) groups excluding carboxylic acids is 1. The number of benzene rings is 1. The van der Waals surface area contributed by atoms with Gasteiger partial charge in [0.25, 0.3) is 0 Å². The highest BCUT2D eigenvalue weighted by molar-refractivity contribution is 5.97. The minimum Gasteiger partial charge on any atom is -0.395 e. The molecule has 3 nitrogen and oxygen atoms in total. The number of aliphatic hydroxyl groups is 1. The summed E-state index contributed by atoms with van der Waals surface area (Å²) in [5.41, 5.74) is 2.08. The third-order valence-electron chi connectivity index (χ3n) is 4.39. The van der Waals surface area contributed by atoms with E-state index in [2.05, 4.69) is 24.0 Å². The zero-order chi connectivity index (χ0) is 15.1. The van der Waals surface area contributed by atoms with Gasteiger partial charge in [0.05, 0.1) is 13.2 Å². The van der Waals surface area contributed by atoms with Crippen LogP contribution in [-0.2, 0) is 6.42 Å². The van der Waals surface area contributed by atoms with Gasteiger partial charge in [-0.15, -0.1) is 0 Å². The molecule has 0 amide bonds. The average Bonchev–Trinajstić information content (AvgIpc) is 3.02. The summed E-state index contributed by atoms with van der Waals surface area (Å²) in [5.74, 6) is 0.165. The highest BCUT2D eigenvalue weighted by Gasteiger charge is 2.24. The summed E-state index contributed by atoms with van der Waals surface area (Å²) < 4.78 is 0. The zero-order valence-electron chi connectivity index (χ0n) is 13.1. The fraction of sp³-hybridized carbons (Fsp3) is 0.611. The van der Waals surface area contributed by atoms with Gasteiger partial charge in [-0.3, -0.25) is 9.69 Å². The molecule has 0 radical (unpaired) electrons. The molecule has 0 unspecified atom stereocenters. The van der Waals surface area contributed by atoms with Gasteiger partial charge in [0.15, 0.2) is 5.78 Å². The molecule has 3 heteroatoms. The fourth-order valence-corrected chi connectivity index (χ4v) is 3.21. The van der Waals surface area contributed by atoms with Gasteiger partial charge >= 0.3 is 0 Å². The van der Waals surface area contributed by atoms with Crippen molar-refractivity contribution in [1.82, 2.24) is 4.90 Å². The van der Waals surface area contributed by atoms with E-state index in [9.17, 15) is 9.90 Å². The SMILES string of the molecule is CCCc1ccc(C(=O)CN(CCO)C2CCCC2)cc1. The van der Waals surface area contributed by atoms with E-state index in [1.54, 1.807) is 0 Å². The molecule has 1 saturated carbocycles. The maximum Gasteiger partial charge on any atom is 0.176 e. The number of nitrogens with zero attached hydrogens (tertiary/aromatic N) is 1. The number of aryl methyl sites for hydroxylation is 1. The van der Waals surface area contributed by atoms with Crippen LogP contribution in [0.5, 0.6) is 0 Å². The Kier molecular flexibility index (Phi) is 6.40. The molecule has 0 bridgehead atoms. The third kappa shape index (κ3) is 4.65. The molecule has 1 aromatic rings. The average molecular weight is 289 g/mol. The molecular weight excluding hydrogens is 262 g/mol. The van der Waals surface area contributed by atoms with E-state index in [1.165, 1.54) is 18.4 Å². The lowest BCUT2D eigenvalue weighted by Gasteiger charge is -2.27. The van der Waals surface area contributed by atoms with E-state index >= 15 is 0 Å². The van der Waals surface area contributed by atoms with E-state index in [0.29, 0.717) is 19.1 Å². The quantitative estimate of drug-likeness (QED) is 0.748. The highest BCUT2D eigenvalue weighted by Crippen LogP contribution is 2.23. The summed E-state index contributed by atoms with van der Waals surface area (Å²) in [4.78, 5) is 14.6. The number of Topliss-reactive ketones (excluding diaryl/α,β-unsaturated/α-hetero) is 1. The van der Waals surface area contributed by atoms with Crippen molar-refractivity contribution in [2.24, 2.45) is 0 Å². The summed E-state index contributed by atoms with van der Waals surface area (Å²) in [7, 11) is 0. The smallest absolute Gasteiger partial charge is 0.176 e. The highest BCUT2D eigenvalue weighted by atomic mass is 16.3. The Bertz CT molecular complexity index is 435. The zero-order valence-corrected chi connectivity index (χ0v) is 13.1. The lowest BCUT2D eigenvalue weighted by molar-refractivity contribution is 0.0862. The topological polar surface area (TPSA) is 40.5 Å². The molecule has 21 heavy (non-hydrogen) atoms. The molecule has 0 aliphatic heterocycles. The van der Waals surface area contributed by atoms with Crippen molar-refractivity contribution in [2.45, 2.75) is 51.5 Å². The van der Waals surface area contributed by atoms with Gasteiger partial charge in [0.1, 0.15) is 0 Å². The molecule has 1 aliphatic carbocycles. The van der Waals surface area contributed by atoms with Crippen molar-refractivity contribution in [3.05, 3.63) is 35.4 Å². The second kappa shape index (κ2) is 8.30. The van der Waals surface area contributed by atoms with Crippen LogP contribution in [0.15, 0.2) is 24.3 Å². The van der Waals surface area contributed by atoms with Crippen molar-refractivity contribution in [2.75, 3.05) is 19.7 Å². The molecule has 0 aromatic heterocycles. The van der Waals surface area contributed by atoms with E-state index in [0.717, 1.165) is 31.2 Å². The lowest BCUT2D eigenvalue weighted by Crippen LogP contribution is -2.39. The molecule has 2 rings (SSSR count). The van der Waals surface area contributed by atoms with Crippen LogP contribution >= 0.6 is 0 Å². The number of hydrogen-bond acceptors (Lipinski definition) is 3. The van der Waals surface area contributed by atoms with Crippen molar-refractivity contribution in [1.29, 1.82) is 0 Å². The van der Waals surface area contributed by atoms with Gasteiger partial charge in [-0.05, 0) is 24.8 Å². The Labute approximate surface area is 128 Å². The number of aliphatic hydroxyl groups excluding tert-OH is 1. The van der Waals surface area contributed by atoms with Crippen LogP contribution in [-0.4, -0.2) is 41.5 Å². The number of hydrogen-bond donors (Lipinski definition) is 1. The fourth-order valence-electron chi connectivity index (χ4n) is 3.21. The molecule has 0 heterocycles. The van der Waals surface area contributed by atoms with Gasteiger partial charge in [-0.25, -0.2) is 0 Å². The lowest BCUT2D eigenvalue weighted by atomic mass is 10.0. The maximum absolute atomic E-state index is 12.4. The first-order chi connectivity index (χ1) is 10.2. The maximum atomic E-state index is 12.4. The minimum absolute atomic E-state index is 0.124. The Hall–Kier alpha value is -1.19. The standard InChI is InChI=1S/C18H27NO2/c1-2-5-15-8-10-16(11-9-15)18(21)14-19(12-13-20)17-6-3-4-7-17/h8-11,17,20H,2-7,12-14H2,1H3. The van der Waals surface area contributed by atoms with Crippen LogP contribution in [0.3, 0.4) is 0 Å². The first kappa shape index (κ1) is 16.2. The third-order valence-corrected chi connectivity index (χ3v) is 4.39. The van der Waals surface area contributed by atoms with Crippen LogP contribution in [0.1, 0.15) is 54.9 Å². The van der Waals surface area contributed by atoms with Crippen LogP contribution in [0, 0.1) is 0 Å². The molecule has 1 aliphatic rings. The molecule has 1 aromatic carbocycles. The molecule has 0 saturated heterocycles. The van der Waals surface area contributed by atoms with Crippen molar-refractivity contribution in [3.8, 4) is 0 Å². The van der Waals surface area contributed by atoms with Gasteiger partial charge in [-0.1, -0.05) is 50.5 Å². The number of rotatable bonds is 8. The Morgan fingerprint density at radius 2 is 1.90 bits per heavy atom. The monoisotopic (exact) mass is 289 g/mol. The largest absolute Gasteiger partial charge is 0.395 e. The molecular formula is C18H27NO2. The Morgan fingerprint density at radius 3 is 2.48 bits per heavy atom. The molecule has 1 fully saturated rings. The van der Waals surface area contributed by atoms with Gasteiger partial charge < -0.3 is 5.11 Å². The summed E-state index contributed by atoms with van der Waals surface area (Å²) >= 11 is 0. The second-order valence-corrected chi connectivity index (χ2v) is 6.00. The van der Waals surface area contributed by atoms with Crippen LogP contribution in [0.4, 0.5) is 0 Å². The molecule has 116 valence electrons. The van der Waals surface area contributed by atoms with Crippen LogP contribution < -0.4 is 0 Å².